The molecule has 1 N–H and O–H groups in total. The van der Waals surface area contributed by atoms with Crippen molar-refractivity contribution in [1.82, 2.24) is 25.5 Å². The Bertz CT molecular complexity index is 1640. The Labute approximate surface area is 268 Å². The van der Waals surface area contributed by atoms with Crippen molar-refractivity contribution in [2.75, 3.05) is 19.1 Å². The number of benzene rings is 3. The van der Waals surface area contributed by atoms with Gasteiger partial charge in [0.15, 0.2) is 11.5 Å². The normalized spacial score (nSPS) is 14.4. The van der Waals surface area contributed by atoms with Crippen LogP contribution in [0.4, 0.5) is 10.1 Å². The quantitative estimate of drug-likeness (QED) is 0.222. The van der Waals surface area contributed by atoms with E-state index in [1.165, 1.54) is 65.9 Å². The maximum Gasteiger partial charge on any atom is 0.251 e. The Balaban J connectivity index is 1.51. The Morgan fingerprint density at radius 2 is 1.63 bits per heavy atom. The third kappa shape index (κ3) is 7.70. The fourth-order valence-electron chi connectivity index (χ4n) is 5.88. The Morgan fingerprint density at radius 1 is 0.957 bits per heavy atom. The molecular weight excluding hydrogens is 587 g/mol. The van der Waals surface area contributed by atoms with Gasteiger partial charge in [-0.3, -0.25) is 14.5 Å². The number of ether oxygens (including phenoxy) is 2. The first-order chi connectivity index (χ1) is 22.1. The number of hydrogen-bond donors (Lipinski definition) is 1. The molecule has 0 unspecified atom stereocenters. The molecule has 1 atom stereocenters. The molecular formula is C35H41FN6O4. The van der Waals surface area contributed by atoms with Gasteiger partial charge in [0.25, 0.3) is 5.91 Å². The molecule has 2 amide bonds. The highest BCUT2D eigenvalue weighted by Crippen LogP contribution is 2.35. The summed E-state index contributed by atoms with van der Waals surface area (Å²) >= 11 is 0. The molecule has 1 saturated carbocycles. The molecule has 0 radical (unpaired) electrons. The smallest absolute Gasteiger partial charge is 0.251 e. The van der Waals surface area contributed by atoms with E-state index >= 15 is 0 Å². The monoisotopic (exact) mass is 628 g/mol. The SMILES string of the molecule is COc1ccc(-c2nnn(CC(=O)N(c3ccc(C4CCCCC4)cc3)[C@H](C(=O)NC(C)(C)C)c3ccc(F)cc3)n2)cc1OC. The molecule has 0 bridgehead atoms. The average molecular weight is 629 g/mol. The van der Waals surface area contributed by atoms with E-state index in [0.717, 1.165) is 12.8 Å². The summed E-state index contributed by atoms with van der Waals surface area (Å²) in [6.07, 6.45) is 5.92. The molecule has 1 fully saturated rings. The van der Waals surface area contributed by atoms with E-state index in [-0.39, 0.29) is 12.4 Å². The molecule has 1 aromatic heterocycles. The first-order valence-electron chi connectivity index (χ1n) is 15.6. The van der Waals surface area contributed by atoms with Crippen LogP contribution in [0.15, 0.2) is 66.7 Å². The maximum atomic E-state index is 14.3. The summed E-state index contributed by atoms with van der Waals surface area (Å²) in [6, 6.07) is 17.6. The van der Waals surface area contributed by atoms with Crippen LogP contribution in [0.3, 0.4) is 0 Å². The molecule has 0 saturated heterocycles. The first-order valence-corrected chi connectivity index (χ1v) is 15.6. The van der Waals surface area contributed by atoms with Crippen LogP contribution >= 0.6 is 0 Å². The Kier molecular flexibility index (Phi) is 9.99. The van der Waals surface area contributed by atoms with Gasteiger partial charge >= 0.3 is 0 Å². The summed E-state index contributed by atoms with van der Waals surface area (Å²) in [5.74, 6) is 0.530. The maximum absolute atomic E-state index is 14.3. The van der Waals surface area contributed by atoms with Crippen molar-refractivity contribution in [1.29, 1.82) is 0 Å². The average Bonchev–Trinajstić information content (AvgIpc) is 3.51. The number of amides is 2. The second-order valence-electron chi connectivity index (χ2n) is 12.6. The van der Waals surface area contributed by atoms with Gasteiger partial charge in [0.2, 0.25) is 11.7 Å². The highest BCUT2D eigenvalue weighted by molar-refractivity contribution is 6.01. The van der Waals surface area contributed by atoms with Crippen molar-refractivity contribution in [2.24, 2.45) is 0 Å². The number of carbonyl (C=O) groups is 2. The van der Waals surface area contributed by atoms with E-state index in [0.29, 0.717) is 34.2 Å². The number of methoxy groups -OCH3 is 2. The van der Waals surface area contributed by atoms with Gasteiger partial charge in [0.05, 0.1) is 14.2 Å². The summed E-state index contributed by atoms with van der Waals surface area (Å²) in [4.78, 5) is 30.9. The van der Waals surface area contributed by atoms with Crippen molar-refractivity contribution >= 4 is 17.5 Å². The minimum absolute atomic E-state index is 0.290. The van der Waals surface area contributed by atoms with Crippen LogP contribution in [-0.4, -0.2) is 51.8 Å². The standard InChI is InChI=1S/C35H41FN6O4/c1-35(2,3)37-34(44)32(25-11-16-27(36)17-12-25)42(28-18-13-24(14-19-28)23-9-7-6-8-10-23)31(43)22-41-39-33(38-40-41)26-15-20-29(45-4)30(21-26)46-5/h11-21,23,32H,6-10,22H2,1-5H3,(H,37,44)/t32-/m0/s1. The van der Waals surface area contributed by atoms with Crippen LogP contribution in [-0.2, 0) is 16.1 Å². The summed E-state index contributed by atoms with van der Waals surface area (Å²) in [6.45, 7) is 5.30. The van der Waals surface area contributed by atoms with Gasteiger partial charge in [-0.05, 0) is 98.3 Å². The number of anilines is 1. The second-order valence-corrected chi connectivity index (χ2v) is 12.6. The number of nitrogens with zero attached hydrogens (tertiary/aromatic N) is 5. The lowest BCUT2D eigenvalue weighted by molar-refractivity contribution is -0.128. The van der Waals surface area contributed by atoms with E-state index in [2.05, 4.69) is 20.7 Å². The number of aromatic nitrogens is 4. The van der Waals surface area contributed by atoms with Crippen LogP contribution in [0.1, 0.15) is 76.0 Å². The van der Waals surface area contributed by atoms with E-state index in [4.69, 9.17) is 9.47 Å². The number of hydrogen-bond acceptors (Lipinski definition) is 7. The largest absolute Gasteiger partial charge is 0.493 e. The second kappa shape index (κ2) is 14.1. The minimum Gasteiger partial charge on any atom is -0.493 e. The van der Waals surface area contributed by atoms with Crippen LogP contribution in [0, 0.1) is 5.82 Å². The number of tetrazole rings is 1. The third-order valence-electron chi connectivity index (χ3n) is 8.08. The van der Waals surface area contributed by atoms with E-state index in [1.54, 1.807) is 25.3 Å². The van der Waals surface area contributed by atoms with Crippen molar-refractivity contribution in [3.63, 3.8) is 0 Å². The van der Waals surface area contributed by atoms with Gasteiger partial charge in [0, 0.05) is 16.8 Å². The van der Waals surface area contributed by atoms with Crippen molar-refractivity contribution < 1.29 is 23.5 Å². The van der Waals surface area contributed by atoms with E-state index in [1.807, 2.05) is 45.0 Å². The zero-order valence-corrected chi connectivity index (χ0v) is 27.0. The molecule has 0 aliphatic heterocycles. The van der Waals surface area contributed by atoms with Crippen molar-refractivity contribution in [3.8, 4) is 22.9 Å². The third-order valence-corrected chi connectivity index (χ3v) is 8.08. The molecule has 4 aromatic rings. The number of halogens is 1. The van der Waals surface area contributed by atoms with Gasteiger partial charge in [-0.15, -0.1) is 10.2 Å². The summed E-state index contributed by atoms with van der Waals surface area (Å²) < 4.78 is 24.7. The van der Waals surface area contributed by atoms with Crippen LogP contribution in [0.25, 0.3) is 11.4 Å². The molecule has 3 aromatic carbocycles. The lowest BCUT2D eigenvalue weighted by atomic mass is 9.84. The predicted molar refractivity (Wildman–Crippen MR) is 173 cm³/mol. The molecule has 10 nitrogen and oxygen atoms in total. The molecule has 1 aliphatic rings. The fourth-order valence-corrected chi connectivity index (χ4v) is 5.88. The van der Waals surface area contributed by atoms with Crippen LogP contribution in [0.2, 0.25) is 0 Å². The Morgan fingerprint density at radius 3 is 2.26 bits per heavy atom. The van der Waals surface area contributed by atoms with Crippen molar-refractivity contribution in [3.05, 3.63) is 83.7 Å². The molecule has 1 heterocycles. The fraction of sp³-hybridized carbons (Fsp3) is 0.400. The summed E-state index contributed by atoms with van der Waals surface area (Å²) in [5, 5.41) is 15.8. The number of carbonyl (C=O) groups excluding carboxylic acids is 2. The zero-order valence-electron chi connectivity index (χ0n) is 27.0. The summed E-state index contributed by atoms with van der Waals surface area (Å²) in [5.41, 5.74) is 2.25. The lowest BCUT2D eigenvalue weighted by Gasteiger charge is -2.34. The highest BCUT2D eigenvalue weighted by Gasteiger charge is 2.35. The van der Waals surface area contributed by atoms with E-state index < -0.39 is 29.2 Å². The number of nitrogens with one attached hydrogen (secondary N) is 1. The van der Waals surface area contributed by atoms with Gasteiger partial charge < -0.3 is 14.8 Å². The minimum atomic E-state index is -1.10. The van der Waals surface area contributed by atoms with Gasteiger partial charge in [-0.2, -0.15) is 4.80 Å². The van der Waals surface area contributed by atoms with Crippen molar-refractivity contribution in [2.45, 2.75) is 76.9 Å². The zero-order chi connectivity index (χ0) is 32.8. The van der Waals surface area contributed by atoms with Crippen LogP contribution < -0.4 is 19.7 Å². The lowest BCUT2D eigenvalue weighted by Crippen LogP contribution is -2.50. The first kappa shape index (κ1) is 32.6. The van der Waals surface area contributed by atoms with E-state index in [9.17, 15) is 14.0 Å². The molecule has 5 rings (SSSR count). The summed E-state index contributed by atoms with van der Waals surface area (Å²) in [7, 11) is 3.09. The Hall–Kier alpha value is -4.80. The molecule has 11 heteroatoms. The van der Waals surface area contributed by atoms with Crippen LogP contribution in [0.5, 0.6) is 11.5 Å². The predicted octanol–water partition coefficient (Wildman–Crippen LogP) is 6.23. The molecule has 242 valence electrons. The topological polar surface area (TPSA) is 111 Å². The molecule has 1 aliphatic carbocycles. The van der Waals surface area contributed by atoms with Gasteiger partial charge in [-0.1, -0.05) is 43.5 Å². The molecule has 0 spiro atoms. The molecule has 46 heavy (non-hydrogen) atoms. The highest BCUT2D eigenvalue weighted by atomic mass is 19.1. The van der Waals surface area contributed by atoms with Gasteiger partial charge in [-0.25, -0.2) is 4.39 Å². The number of rotatable bonds is 10. The van der Waals surface area contributed by atoms with Gasteiger partial charge in [0.1, 0.15) is 18.4 Å².